The monoisotopic (exact) mass is 276 g/mol. The predicted molar refractivity (Wildman–Crippen MR) is 84.5 cm³/mol. The standard InChI is InChI=1S/C18H28O2/c1-7-13(3)16(19)12-20-17-10-9-14(8-2)11-15(17)18(4,5)6/h9-11,13H,7-8,12H2,1-6H3. The zero-order valence-corrected chi connectivity index (χ0v) is 13.7. The lowest BCUT2D eigenvalue weighted by Gasteiger charge is -2.24. The molecule has 0 N–H and O–H groups in total. The maximum atomic E-state index is 11.9. The predicted octanol–water partition coefficient (Wildman–Crippen LogP) is 4.54. The van der Waals surface area contributed by atoms with Crippen molar-refractivity contribution in [2.45, 2.75) is 59.8 Å². The highest BCUT2D eigenvalue weighted by Gasteiger charge is 2.20. The molecule has 1 aromatic carbocycles. The number of ether oxygens (including phenoxy) is 1. The van der Waals surface area contributed by atoms with Crippen LogP contribution in [0.5, 0.6) is 5.75 Å². The van der Waals surface area contributed by atoms with Crippen molar-refractivity contribution in [1.82, 2.24) is 0 Å². The van der Waals surface area contributed by atoms with E-state index in [0.717, 1.165) is 18.6 Å². The van der Waals surface area contributed by atoms with Crippen molar-refractivity contribution in [2.24, 2.45) is 5.92 Å². The zero-order valence-electron chi connectivity index (χ0n) is 13.7. The minimum atomic E-state index is 0.0138. The van der Waals surface area contributed by atoms with Gasteiger partial charge >= 0.3 is 0 Å². The molecular weight excluding hydrogens is 248 g/mol. The Morgan fingerprint density at radius 3 is 2.40 bits per heavy atom. The van der Waals surface area contributed by atoms with Crippen LogP contribution in [0.2, 0.25) is 0 Å². The minimum absolute atomic E-state index is 0.0138. The molecule has 112 valence electrons. The Balaban J connectivity index is 2.92. The molecule has 0 amide bonds. The summed E-state index contributed by atoms with van der Waals surface area (Å²) in [7, 11) is 0. The maximum Gasteiger partial charge on any atom is 0.172 e. The highest BCUT2D eigenvalue weighted by atomic mass is 16.5. The Morgan fingerprint density at radius 2 is 1.90 bits per heavy atom. The molecule has 0 aromatic heterocycles. The Hall–Kier alpha value is -1.31. The number of Topliss-reactive ketones (excluding diaryl/α,β-unsaturated/α-hetero) is 1. The molecule has 0 aliphatic carbocycles. The molecule has 0 aliphatic rings. The Kier molecular flexibility index (Phi) is 5.79. The van der Waals surface area contributed by atoms with Gasteiger partial charge in [0.15, 0.2) is 5.78 Å². The molecule has 0 radical (unpaired) electrons. The van der Waals surface area contributed by atoms with Crippen molar-refractivity contribution < 1.29 is 9.53 Å². The van der Waals surface area contributed by atoms with Gasteiger partial charge in [-0.3, -0.25) is 4.79 Å². The third-order valence-corrected chi connectivity index (χ3v) is 3.79. The second-order valence-electron chi connectivity index (χ2n) is 6.50. The molecule has 0 aliphatic heterocycles. The van der Waals surface area contributed by atoms with Crippen LogP contribution < -0.4 is 4.74 Å². The molecule has 1 atom stereocenters. The van der Waals surface area contributed by atoms with Crippen LogP contribution in [0.15, 0.2) is 18.2 Å². The molecule has 0 fully saturated rings. The van der Waals surface area contributed by atoms with Crippen LogP contribution in [0.3, 0.4) is 0 Å². The van der Waals surface area contributed by atoms with Crippen LogP contribution in [0.25, 0.3) is 0 Å². The maximum absolute atomic E-state index is 11.9. The average molecular weight is 276 g/mol. The van der Waals surface area contributed by atoms with E-state index < -0.39 is 0 Å². The zero-order chi connectivity index (χ0) is 15.3. The molecule has 0 heterocycles. The summed E-state index contributed by atoms with van der Waals surface area (Å²) in [4.78, 5) is 11.9. The summed E-state index contributed by atoms with van der Waals surface area (Å²) < 4.78 is 5.80. The van der Waals surface area contributed by atoms with Crippen molar-refractivity contribution in [3.05, 3.63) is 29.3 Å². The lowest BCUT2D eigenvalue weighted by Crippen LogP contribution is -2.21. The molecule has 1 aromatic rings. The number of rotatable bonds is 6. The second kappa shape index (κ2) is 6.92. The van der Waals surface area contributed by atoms with Crippen LogP contribution >= 0.6 is 0 Å². The van der Waals surface area contributed by atoms with Gasteiger partial charge in [-0.15, -0.1) is 0 Å². The van der Waals surface area contributed by atoms with E-state index in [-0.39, 0.29) is 23.7 Å². The summed E-state index contributed by atoms with van der Waals surface area (Å²) in [6.07, 6.45) is 1.87. The smallest absolute Gasteiger partial charge is 0.172 e. The first-order valence-corrected chi connectivity index (χ1v) is 7.58. The first-order chi connectivity index (χ1) is 9.29. The number of carbonyl (C=O) groups excluding carboxylic acids is 1. The van der Waals surface area contributed by atoms with Gasteiger partial charge in [0.25, 0.3) is 0 Å². The summed E-state index contributed by atoms with van der Waals surface area (Å²) in [5, 5.41) is 0. The molecule has 0 spiro atoms. The van der Waals surface area contributed by atoms with Gasteiger partial charge in [-0.25, -0.2) is 0 Å². The second-order valence-corrected chi connectivity index (χ2v) is 6.50. The normalized spacial score (nSPS) is 13.1. The molecule has 0 bridgehead atoms. The van der Waals surface area contributed by atoms with E-state index in [1.54, 1.807) is 0 Å². The van der Waals surface area contributed by atoms with E-state index in [2.05, 4.69) is 39.8 Å². The van der Waals surface area contributed by atoms with Gasteiger partial charge in [-0.1, -0.05) is 53.7 Å². The average Bonchev–Trinajstić information content (AvgIpc) is 2.42. The summed E-state index contributed by atoms with van der Waals surface area (Å²) in [5.41, 5.74) is 2.49. The van der Waals surface area contributed by atoms with Crippen molar-refractivity contribution in [3.63, 3.8) is 0 Å². The molecule has 2 nitrogen and oxygen atoms in total. The van der Waals surface area contributed by atoms with Crippen molar-refractivity contribution in [2.75, 3.05) is 6.61 Å². The van der Waals surface area contributed by atoms with Crippen LogP contribution in [-0.4, -0.2) is 12.4 Å². The largest absolute Gasteiger partial charge is 0.486 e. The summed E-state index contributed by atoms with van der Waals surface area (Å²) in [6.45, 7) is 12.8. The number of ketones is 1. The van der Waals surface area contributed by atoms with Gasteiger partial charge < -0.3 is 4.74 Å². The van der Waals surface area contributed by atoms with E-state index in [9.17, 15) is 4.79 Å². The van der Waals surface area contributed by atoms with Gasteiger partial charge in [0, 0.05) is 5.92 Å². The third kappa shape index (κ3) is 4.36. The topological polar surface area (TPSA) is 26.3 Å². The fraction of sp³-hybridized carbons (Fsp3) is 0.611. The van der Waals surface area contributed by atoms with Crippen molar-refractivity contribution in [3.8, 4) is 5.75 Å². The molecule has 2 heteroatoms. The fourth-order valence-electron chi connectivity index (χ4n) is 2.03. The van der Waals surface area contributed by atoms with E-state index >= 15 is 0 Å². The van der Waals surface area contributed by atoms with Gasteiger partial charge in [-0.2, -0.15) is 0 Å². The molecule has 0 saturated heterocycles. The van der Waals surface area contributed by atoms with Crippen LogP contribution in [0.1, 0.15) is 59.1 Å². The van der Waals surface area contributed by atoms with E-state index in [0.29, 0.717) is 0 Å². The fourth-order valence-corrected chi connectivity index (χ4v) is 2.03. The highest BCUT2D eigenvalue weighted by molar-refractivity contribution is 5.82. The van der Waals surface area contributed by atoms with E-state index in [1.807, 2.05) is 19.9 Å². The summed E-state index contributed by atoms with van der Waals surface area (Å²) in [5.74, 6) is 1.08. The quantitative estimate of drug-likeness (QED) is 0.762. The minimum Gasteiger partial charge on any atom is -0.486 e. The van der Waals surface area contributed by atoms with E-state index in [4.69, 9.17) is 4.74 Å². The molecule has 1 rings (SSSR count). The van der Waals surface area contributed by atoms with Crippen LogP contribution in [-0.2, 0) is 16.6 Å². The molecule has 0 saturated carbocycles. The van der Waals surface area contributed by atoms with Crippen molar-refractivity contribution >= 4 is 5.78 Å². The SMILES string of the molecule is CCc1ccc(OCC(=O)C(C)CC)c(C(C)(C)C)c1. The first kappa shape index (κ1) is 16.7. The Morgan fingerprint density at radius 1 is 1.25 bits per heavy atom. The van der Waals surface area contributed by atoms with Gasteiger partial charge in [0.1, 0.15) is 12.4 Å². The lowest BCUT2D eigenvalue weighted by atomic mass is 9.85. The number of hydrogen-bond acceptors (Lipinski definition) is 2. The van der Waals surface area contributed by atoms with Gasteiger partial charge in [-0.05, 0) is 35.4 Å². The van der Waals surface area contributed by atoms with Gasteiger partial charge in [0.2, 0.25) is 0 Å². The van der Waals surface area contributed by atoms with Crippen LogP contribution in [0.4, 0.5) is 0 Å². The number of benzene rings is 1. The Bertz CT molecular complexity index is 455. The van der Waals surface area contributed by atoms with Crippen LogP contribution in [0, 0.1) is 5.92 Å². The number of aryl methyl sites for hydroxylation is 1. The summed E-state index contributed by atoms with van der Waals surface area (Å²) in [6, 6.07) is 6.28. The first-order valence-electron chi connectivity index (χ1n) is 7.58. The lowest BCUT2D eigenvalue weighted by molar-refractivity contribution is -0.124. The van der Waals surface area contributed by atoms with Gasteiger partial charge in [0.05, 0.1) is 0 Å². The van der Waals surface area contributed by atoms with Crippen molar-refractivity contribution in [1.29, 1.82) is 0 Å². The molecular formula is C18H28O2. The highest BCUT2D eigenvalue weighted by Crippen LogP contribution is 2.32. The molecule has 1 unspecified atom stereocenters. The third-order valence-electron chi connectivity index (χ3n) is 3.79. The Labute approximate surface area is 123 Å². The number of carbonyl (C=O) groups is 1. The number of hydrogen-bond donors (Lipinski definition) is 0. The molecule has 20 heavy (non-hydrogen) atoms. The van der Waals surface area contributed by atoms with E-state index in [1.165, 1.54) is 11.1 Å². The summed E-state index contributed by atoms with van der Waals surface area (Å²) >= 11 is 0.